The van der Waals surface area contributed by atoms with Gasteiger partial charge in [0.1, 0.15) is 0 Å². The van der Waals surface area contributed by atoms with Crippen LogP contribution in [0.3, 0.4) is 0 Å². The Hall–Kier alpha value is -1.62. The van der Waals surface area contributed by atoms with E-state index in [1.54, 1.807) is 18.2 Å². The molecule has 1 atom stereocenters. The van der Waals surface area contributed by atoms with Gasteiger partial charge >= 0.3 is 5.97 Å². The standard InChI is InChI=1S/C13H18N2O2S/c1-4-9(2)14-13(18)15-11-7-5-6-10(8-11)12(16)17-3/h5-9H,4H2,1-3H3,(H2,14,15,18)/t9-/m0/s1. The van der Waals surface area contributed by atoms with Gasteiger partial charge in [-0.15, -0.1) is 0 Å². The molecule has 0 aromatic heterocycles. The highest BCUT2D eigenvalue weighted by molar-refractivity contribution is 7.80. The van der Waals surface area contributed by atoms with E-state index in [9.17, 15) is 4.79 Å². The third-order valence-corrected chi connectivity index (χ3v) is 2.75. The zero-order chi connectivity index (χ0) is 13.5. The molecule has 0 amide bonds. The van der Waals surface area contributed by atoms with E-state index in [0.717, 1.165) is 12.1 Å². The molecule has 5 heteroatoms. The highest BCUT2D eigenvalue weighted by atomic mass is 32.1. The maximum Gasteiger partial charge on any atom is 0.337 e. The van der Waals surface area contributed by atoms with Gasteiger partial charge in [0.2, 0.25) is 0 Å². The number of thiocarbonyl (C=S) groups is 1. The molecular formula is C13H18N2O2S. The lowest BCUT2D eigenvalue weighted by molar-refractivity contribution is 0.0601. The Kier molecular flexibility index (Phi) is 5.58. The molecule has 1 rings (SSSR count). The van der Waals surface area contributed by atoms with E-state index >= 15 is 0 Å². The van der Waals surface area contributed by atoms with Crippen LogP contribution >= 0.6 is 12.2 Å². The van der Waals surface area contributed by atoms with Crippen molar-refractivity contribution in [1.29, 1.82) is 0 Å². The minimum Gasteiger partial charge on any atom is -0.465 e. The number of methoxy groups -OCH3 is 1. The Bertz CT molecular complexity index is 435. The summed E-state index contributed by atoms with van der Waals surface area (Å²) in [7, 11) is 1.36. The number of esters is 1. The molecule has 0 saturated heterocycles. The Balaban J connectivity index is 2.67. The van der Waals surface area contributed by atoms with E-state index in [0.29, 0.717) is 16.7 Å². The first-order valence-electron chi connectivity index (χ1n) is 5.82. The highest BCUT2D eigenvalue weighted by Gasteiger charge is 2.07. The number of carbonyl (C=O) groups is 1. The average Bonchev–Trinajstić information content (AvgIpc) is 2.37. The van der Waals surface area contributed by atoms with Crippen molar-refractivity contribution in [2.24, 2.45) is 0 Å². The summed E-state index contributed by atoms with van der Waals surface area (Å²) in [5.74, 6) is -0.362. The van der Waals surface area contributed by atoms with Gasteiger partial charge < -0.3 is 15.4 Å². The molecule has 0 fully saturated rings. The van der Waals surface area contributed by atoms with Crippen LogP contribution in [-0.4, -0.2) is 24.2 Å². The lowest BCUT2D eigenvalue weighted by atomic mass is 10.2. The fourth-order valence-corrected chi connectivity index (χ4v) is 1.65. The molecule has 1 aromatic carbocycles. The maximum absolute atomic E-state index is 11.4. The van der Waals surface area contributed by atoms with E-state index < -0.39 is 0 Å². The molecule has 0 bridgehead atoms. The van der Waals surface area contributed by atoms with Crippen LogP contribution in [0.25, 0.3) is 0 Å². The quantitative estimate of drug-likeness (QED) is 0.648. The minimum absolute atomic E-state index is 0.314. The number of hydrogen-bond donors (Lipinski definition) is 2. The smallest absolute Gasteiger partial charge is 0.337 e. The van der Waals surface area contributed by atoms with Crippen molar-refractivity contribution in [3.05, 3.63) is 29.8 Å². The van der Waals surface area contributed by atoms with Crippen molar-refractivity contribution in [2.45, 2.75) is 26.3 Å². The third-order valence-electron chi connectivity index (χ3n) is 2.53. The van der Waals surface area contributed by atoms with Crippen LogP contribution < -0.4 is 10.6 Å². The molecule has 4 nitrogen and oxygen atoms in total. The first kappa shape index (κ1) is 14.4. The number of anilines is 1. The molecule has 0 unspecified atom stereocenters. The fourth-order valence-electron chi connectivity index (χ4n) is 1.33. The van der Waals surface area contributed by atoms with Crippen molar-refractivity contribution in [1.82, 2.24) is 5.32 Å². The molecule has 1 aromatic rings. The van der Waals surface area contributed by atoms with Crippen molar-refractivity contribution >= 4 is 29.0 Å². The zero-order valence-electron chi connectivity index (χ0n) is 10.8. The van der Waals surface area contributed by atoms with E-state index in [4.69, 9.17) is 12.2 Å². The van der Waals surface area contributed by atoms with Gasteiger partial charge in [-0.05, 0) is 43.8 Å². The Labute approximate surface area is 113 Å². The summed E-state index contributed by atoms with van der Waals surface area (Å²) in [5.41, 5.74) is 1.26. The van der Waals surface area contributed by atoms with Gasteiger partial charge in [-0.2, -0.15) is 0 Å². The molecule has 2 N–H and O–H groups in total. The number of benzene rings is 1. The van der Waals surface area contributed by atoms with E-state index in [-0.39, 0.29) is 5.97 Å². The number of carbonyl (C=O) groups excluding carboxylic acids is 1. The van der Waals surface area contributed by atoms with Gasteiger partial charge in [0.25, 0.3) is 0 Å². The van der Waals surface area contributed by atoms with Crippen LogP contribution in [0.2, 0.25) is 0 Å². The Morgan fingerprint density at radius 2 is 2.22 bits per heavy atom. The van der Waals surface area contributed by atoms with Crippen LogP contribution in [-0.2, 0) is 4.74 Å². The first-order chi connectivity index (χ1) is 8.56. The van der Waals surface area contributed by atoms with Gasteiger partial charge in [0.05, 0.1) is 12.7 Å². The maximum atomic E-state index is 11.4. The summed E-state index contributed by atoms with van der Waals surface area (Å²) >= 11 is 5.18. The second kappa shape index (κ2) is 6.96. The van der Waals surface area contributed by atoms with Crippen LogP contribution in [0, 0.1) is 0 Å². The summed E-state index contributed by atoms with van der Waals surface area (Å²) < 4.78 is 4.66. The van der Waals surface area contributed by atoms with Gasteiger partial charge in [-0.3, -0.25) is 0 Å². The number of ether oxygens (including phenoxy) is 1. The Morgan fingerprint density at radius 3 is 2.83 bits per heavy atom. The van der Waals surface area contributed by atoms with Crippen LogP contribution in [0.4, 0.5) is 5.69 Å². The zero-order valence-corrected chi connectivity index (χ0v) is 11.6. The predicted octanol–water partition coefficient (Wildman–Crippen LogP) is 2.56. The minimum atomic E-state index is -0.362. The normalized spacial score (nSPS) is 11.5. The van der Waals surface area contributed by atoms with Crippen LogP contribution in [0.5, 0.6) is 0 Å². The van der Waals surface area contributed by atoms with Gasteiger partial charge in [-0.1, -0.05) is 13.0 Å². The lowest BCUT2D eigenvalue weighted by Gasteiger charge is -2.15. The van der Waals surface area contributed by atoms with E-state index in [2.05, 4.69) is 29.2 Å². The topological polar surface area (TPSA) is 50.4 Å². The SMILES string of the molecule is CC[C@H](C)NC(=S)Nc1cccc(C(=O)OC)c1. The van der Waals surface area contributed by atoms with Gasteiger partial charge in [0, 0.05) is 11.7 Å². The van der Waals surface area contributed by atoms with Crippen molar-refractivity contribution in [3.63, 3.8) is 0 Å². The van der Waals surface area contributed by atoms with Gasteiger partial charge in [-0.25, -0.2) is 4.79 Å². The predicted molar refractivity (Wildman–Crippen MR) is 76.9 cm³/mol. The number of nitrogens with one attached hydrogen (secondary N) is 2. The molecule has 0 spiro atoms. The Morgan fingerprint density at radius 1 is 1.50 bits per heavy atom. The van der Waals surface area contributed by atoms with Crippen molar-refractivity contribution in [2.75, 3.05) is 12.4 Å². The third kappa shape index (κ3) is 4.33. The summed E-state index contributed by atoms with van der Waals surface area (Å²) in [6, 6.07) is 7.34. The lowest BCUT2D eigenvalue weighted by Crippen LogP contribution is -2.35. The summed E-state index contributed by atoms with van der Waals surface area (Å²) in [5, 5.41) is 6.73. The fraction of sp³-hybridized carbons (Fsp3) is 0.385. The summed E-state index contributed by atoms with van der Waals surface area (Å²) in [6.07, 6.45) is 0.990. The second-order valence-corrected chi connectivity index (χ2v) is 4.39. The molecule has 0 heterocycles. The van der Waals surface area contributed by atoms with Gasteiger partial charge in [0.15, 0.2) is 5.11 Å². The van der Waals surface area contributed by atoms with E-state index in [1.165, 1.54) is 7.11 Å². The molecule has 18 heavy (non-hydrogen) atoms. The monoisotopic (exact) mass is 266 g/mol. The molecular weight excluding hydrogens is 248 g/mol. The number of hydrogen-bond acceptors (Lipinski definition) is 3. The summed E-state index contributed by atoms with van der Waals surface area (Å²) in [6.45, 7) is 4.14. The molecule has 0 radical (unpaired) electrons. The molecule has 0 aliphatic heterocycles. The molecule has 0 saturated carbocycles. The van der Waals surface area contributed by atoms with Crippen molar-refractivity contribution in [3.8, 4) is 0 Å². The first-order valence-corrected chi connectivity index (χ1v) is 6.23. The van der Waals surface area contributed by atoms with Crippen LogP contribution in [0.15, 0.2) is 24.3 Å². The molecule has 98 valence electrons. The largest absolute Gasteiger partial charge is 0.465 e. The van der Waals surface area contributed by atoms with E-state index in [1.807, 2.05) is 6.07 Å². The molecule has 0 aliphatic carbocycles. The molecule has 0 aliphatic rings. The number of rotatable bonds is 4. The van der Waals surface area contributed by atoms with Crippen molar-refractivity contribution < 1.29 is 9.53 Å². The second-order valence-electron chi connectivity index (χ2n) is 3.98. The average molecular weight is 266 g/mol. The summed E-state index contributed by atoms with van der Waals surface area (Å²) in [4.78, 5) is 11.4. The highest BCUT2D eigenvalue weighted by Crippen LogP contribution is 2.11. The van der Waals surface area contributed by atoms with Crippen LogP contribution in [0.1, 0.15) is 30.6 Å².